The molecule has 0 saturated carbocycles. The van der Waals surface area contributed by atoms with Gasteiger partial charge in [-0.05, 0) is 42.5 Å². The van der Waals surface area contributed by atoms with E-state index in [0.29, 0.717) is 39.7 Å². The third-order valence-corrected chi connectivity index (χ3v) is 4.32. The molecule has 1 heterocycles. The lowest BCUT2D eigenvalue weighted by atomic mass is 10.2. The number of methoxy groups -OCH3 is 2. The Morgan fingerprint density at radius 3 is 2.64 bits per heavy atom. The van der Waals surface area contributed by atoms with Crippen LogP contribution in [0.5, 0.6) is 11.5 Å². The molecule has 0 saturated heterocycles. The van der Waals surface area contributed by atoms with Crippen molar-refractivity contribution in [1.29, 1.82) is 0 Å². The summed E-state index contributed by atoms with van der Waals surface area (Å²) in [5.41, 5.74) is 3.16. The molecule has 0 aliphatic rings. The quantitative estimate of drug-likeness (QED) is 0.545. The van der Waals surface area contributed by atoms with E-state index >= 15 is 0 Å². The summed E-state index contributed by atoms with van der Waals surface area (Å²) >= 11 is 0. The number of nitrogens with one attached hydrogen (secondary N) is 1. The molecule has 0 fully saturated rings. The number of rotatable bonds is 5. The zero-order valence-electron chi connectivity index (χ0n) is 15.4. The van der Waals surface area contributed by atoms with E-state index in [0.717, 1.165) is 5.56 Å². The number of carbonyl (C=O) groups is 1. The van der Waals surface area contributed by atoms with Crippen LogP contribution in [0.4, 0.5) is 5.69 Å². The zero-order chi connectivity index (χ0) is 19.5. The first-order chi connectivity index (χ1) is 13.7. The predicted octanol–water partition coefficient (Wildman–Crippen LogP) is 4.76. The highest BCUT2D eigenvalue weighted by Gasteiger charge is 2.14. The molecule has 1 aromatic heterocycles. The first-order valence-electron chi connectivity index (χ1n) is 8.67. The Morgan fingerprint density at radius 1 is 0.964 bits per heavy atom. The van der Waals surface area contributed by atoms with Gasteiger partial charge >= 0.3 is 0 Å². The van der Waals surface area contributed by atoms with Gasteiger partial charge in [0.15, 0.2) is 5.58 Å². The average molecular weight is 374 g/mol. The molecular weight excluding hydrogens is 356 g/mol. The van der Waals surface area contributed by atoms with Crippen LogP contribution in [0.3, 0.4) is 0 Å². The van der Waals surface area contributed by atoms with E-state index in [-0.39, 0.29) is 5.91 Å². The van der Waals surface area contributed by atoms with Crippen molar-refractivity contribution < 1.29 is 18.7 Å². The average Bonchev–Trinajstić information content (AvgIpc) is 3.17. The topological polar surface area (TPSA) is 73.6 Å². The van der Waals surface area contributed by atoms with Crippen molar-refractivity contribution in [2.24, 2.45) is 0 Å². The van der Waals surface area contributed by atoms with E-state index in [1.54, 1.807) is 56.7 Å². The van der Waals surface area contributed by atoms with Gasteiger partial charge < -0.3 is 19.2 Å². The maximum atomic E-state index is 12.5. The highest BCUT2D eigenvalue weighted by Crippen LogP contribution is 2.32. The Balaban J connectivity index is 1.62. The molecule has 4 aromatic rings. The second-order valence-electron chi connectivity index (χ2n) is 6.09. The normalized spacial score (nSPS) is 10.6. The predicted molar refractivity (Wildman–Crippen MR) is 107 cm³/mol. The first kappa shape index (κ1) is 17.6. The van der Waals surface area contributed by atoms with E-state index in [4.69, 9.17) is 13.9 Å². The number of ether oxygens (including phenoxy) is 2. The van der Waals surface area contributed by atoms with E-state index in [1.807, 2.05) is 24.3 Å². The Morgan fingerprint density at radius 2 is 1.82 bits per heavy atom. The van der Waals surface area contributed by atoms with Crippen LogP contribution in [0.25, 0.3) is 22.6 Å². The first-order valence-corrected chi connectivity index (χ1v) is 8.67. The lowest BCUT2D eigenvalue weighted by Gasteiger charge is -2.06. The van der Waals surface area contributed by atoms with Crippen LogP contribution in [0.1, 0.15) is 10.4 Å². The molecule has 0 radical (unpaired) electrons. The molecule has 0 bridgehead atoms. The second-order valence-corrected chi connectivity index (χ2v) is 6.09. The summed E-state index contributed by atoms with van der Waals surface area (Å²) in [4.78, 5) is 17.0. The van der Waals surface area contributed by atoms with Crippen LogP contribution < -0.4 is 14.8 Å². The number of nitrogens with zero attached hydrogens (tertiary/aromatic N) is 1. The van der Waals surface area contributed by atoms with Crippen LogP contribution in [-0.2, 0) is 0 Å². The number of anilines is 1. The zero-order valence-corrected chi connectivity index (χ0v) is 15.4. The van der Waals surface area contributed by atoms with Crippen LogP contribution in [-0.4, -0.2) is 25.1 Å². The summed E-state index contributed by atoms with van der Waals surface area (Å²) in [6, 6.07) is 19.8. The summed E-state index contributed by atoms with van der Waals surface area (Å²) < 4.78 is 16.4. The van der Waals surface area contributed by atoms with Gasteiger partial charge in [-0.3, -0.25) is 4.79 Å². The molecule has 0 aliphatic carbocycles. The van der Waals surface area contributed by atoms with Crippen molar-refractivity contribution in [1.82, 2.24) is 4.98 Å². The number of benzene rings is 3. The molecule has 4 rings (SSSR count). The maximum absolute atomic E-state index is 12.5. The fourth-order valence-corrected chi connectivity index (χ4v) is 2.91. The second kappa shape index (κ2) is 7.44. The van der Waals surface area contributed by atoms with Crippen molar-refractivity contribution in [2.75, 3.05) is 19.5 Å². The Hall–Kier alpha value is -3.80. The number of fused-ring (bicyclic) bond motifs is 1. The molecule has 1 N–H and O–H groups in total. The van der Waals surface area contributed by atoms with E-state index in [1.165, 1.54) is 0 Å². The van der Waals surface area contributed by atoms with Gasteiger partial charge in [-0.15, -0.1) is 0 Å². The van der Waals surface area contributed by atoms with Crippen molar-refractivity contribution in [2.45, 2.75) is 0 Å². The number of hydrogen-bond acceptors (Lipinski definition) is 5. The fourth-order valence-electron chi connectivity index (χ4n) is 2.91. The molecule has 0 unspecified atom stereocenters. The van der Waals surface area contributed by atoms with Gasteiger partial charge in [-0.1, -0.05) is 18.2 Å². The van der Waals surface area contributed by atoms with E-state index < -0.39 is 0 Å². The van der Waals surface area contributed by atoms with E-state index in [9.17, 15) is 4.79 Å². The van der Waals surface area contributed by atoms with Crippen molar-refractivity contribution in [3.8, 4) is 23.0 Å². The Bertz CT molecular complexity index is 1150. The summed E-state index contributed by atoms with van der Waals surface area (Å²) in [5, 5.41) is 2.87. The number of hydrogen-bond donors (Lipinski definition) is 1. The molecular formula is C22H18N2O4. The van der Waals surface area contributed by atoms with Gasteiger partial charge in [0.25, 0.3) is 5.91 Å². The SMILES string of the molecule is COc1cccc(C(=O)Nc2ccc3nc(-c4ccccc4OC)oc3c2)c1. The highest BCUT2D eigenvalue weighted by atomic mass is 16.5. The Kier molecular flexibility index (Phi) is 4.68. The summed E-state index contributed by atoms with van der Waals surface area (Å²) in [6.45, 7) is 0. The van der Waals surface area contributed by atoms with Crippen LogP contribution >= 0.6 is 0 Å². The minimum absolute atomic E-state index is 0.234. The number of carbonyl (C=O) groups excluding carboxylic acids is 1. The lowest BCUT2D eigenvalue weighted by molar-refractivity contribution is 0.102. The van der Waals surface area contributed by atoms with Gasteiger partial charge in [0.05, 0.1) is 19.8 Å². The van der Waals surface area contributed by atoms with Crippen LogP contribution in [0, 0.1) is 0 Å². The van der Waals surface area contributed by atoms with Gasteiger partial charge in [0, 0.05) is 17.3 Å². The summed E-state index contributed by atoms with van der Waals surface area (Å²) in [7, 11) is 3.17. The third kappa shape index (κ3) is 3.40. The monoisotopic (exact) mass is 374 g/mol. The highest BCUT2D eigenvalue weighted by molar-refractivity contribution is 6.05. The van der Waals surface area contributed by atoms with Crippen molar-refractivity contribution in [3.05, 3.63) is 72.3 Å². The van der Waals surface area contributed by atoms with Crippen molar-refractivity contribution in [3.63, 3.8) is 0 Å². The fraction of sp³-hybridized carbons (Fsp3) is 0.0909. The Labute approximate surface area is 161 Å². The molecule has 28 heavy (non-hydrogen) atoms. The number of oxazole rings is 1. The number of aromatic nitrogens is 1. The minimum Gasteiger partial charge on any atom is -0.497 e. The lowest BCUT2D eigenvalue weighted by Crippen LogP contribution is -2.11. The number of para-hydroxylation sites is 1. The van der Waals surface area contributed by atoms with Gasteiger partial charge in [0.1, 0.15) is 17.0 Å². The van der Waals surface area contributed by atoms with Gasteiger partial charge in [-0.25, -0.2) is 4.98 Å². The smallest absolute Gasteiger partial charge is 0.255 e. The molecule has 0 atom stereocenters. The molecule has 6 heteroatoms. The summed E-state index contributed by atoms with van der Waals surface area (Å²) in [5.74, 6) is 1.53. The van der Waals surface area contributed by atoms with Gasteiger partial charge in [0.2, 0.25) is 5.89 Å². The number of amides is 1. The van der Waals surface area contributed by atoms with Crippen LogP contribution in [0.15, 0.2) is 71.1 Å². The van der Waals surface area contributed by atoms with E-state index in [2.05, 4.69) is 10.3 Å². The summed E-state index contributed by atoms with van der Waals surface area (Å²) in [6.07, 6.45) is 0. The maximum Gasteiger partial charge on any atom is 0.255 e. The van der Waals surface area contributed by atoms with Crippen LogP contribution in [0.2, 0.25) is 0 Å². The minimum atomic E-state index is -0.234. The molecule has 140 valence electrons. The van der Waals surface area contributed by atoms with Gasteiger partial charge in [-0.2, -0.15) is 0 Å². The largest absolute Gasteiger partial charge is 0.497 e. The standard InChI is InChI=1S/C22H18N2O4/c1-26-16-7-5-6-14(12-16)21(25)23-15-10-11-18-20(13-15)28-22(24-18)17-8-3-4-9-19(17)27-2/h3-13H,1-2H3,(H,23,25). The third-order valence-electron chi connectivity index (χ3n) is 4.32. The molecule has 0 aliphatic heterocycles. The van der Waals surface area contributed by atoms with Crippen molar-refractivity contribution >= 4 is 22.7 Å². The molecule has 0 spiro atoms. The molecule has 3 aromatic carbocycles. The molecule has 6 nitrogen and oxygen atoms in total. The molecule has 1 amide bonds.